The number of amides is 1. The van der Waals surface area contributed by atoms with Gasteiger partial charge in [-0.25, -0.2) is 4.98 Å². The lowest BCUT2D eigenvalue weighted by Gasteiger charge is -2.09. The standard InChI is InChI=1S/C20H18N4O2S/c1-12-5-6-14(9-22-12)20-23-17(11-27-20)18-8-16(19(21)25)13(2)24(18)10-15-4-3-7-26-15/h3-9,11H,10H2,1-2H3,(H2,21,25). The Morgan fingerprint density at radius 1 is 1.30 bits per heavy atom. The van der Waals surface area contributed by atoms with E-state index in [-0.39, 0.29) is 0 Å². The number of hydrogen-bond acceptors (Lipinski definition) is 5. The molecule has 0 radical (unpaired) electrons. The van der Waals surface area contributed by atoms with Crippen LogP contribution >= 0.6 is 11.3 Å². The highest BCUT2D eigenvalue weighted by atomic mass is 32.1. The second-order valence-electron chi connectivity index (χ2n) is 6.28. The lowest BCUT2D eigenvalue weighted by molar-refractivity contribution is 0.0999. The van der Waals surface area contributed by atoms with Gasteiger partial charge in [-0.2, -0.15) is 0 Å². The molecule has 4 heterocycles. The molecule has 136 valence electrons. The number of hydrogen-bond donors (Lipinski definition) is 1. The Morgan fingerprint density at radius 2 is 2.15 bits per heavy atom. The van der Waals surface area contributed by atoms with Crippen molar-refractivity contribution in [3.05, 3.63) is 70.9 Å². The van der Waals surface area contributed by atoms with E-state index in [1.807, 2.05) is 54.3 Å². The van der Waals surface area contributed by atoms with E-state index in [1.54, 1.807) is 12.3 Å². The van der Waals surface area contributed by atoms with Crippen molar-refractivity contribution in [2.45, 2.75) is 20.4 Å². The summed E-state index contributed by atoms with van der Waals surface area (Å²) in [6.07, 6.45) is 3.45. The van der Waals surface area contributed by atoms with Crippen molar-refractivity contribution in [1.29, 1.82) is 0 Å². The molecule has 0 aliphatic carbocycles. The Bertz CT molecular complexity index is 1090. The summed E-state index contributed by atoms with van der Waals surface area (Å²) in [7, 11) is 0. The van der Waals surface area contributed by atoms with Gasteiger partial charge in [0.05, 0.1) is 29.8 Å². The average molecular weight is 378 g/mol. The fraction of sp³-hybridized carbons (Fsp3) is 0.150. The molecule has 2 N–H and O–H groups in total. The Hall–Kier alpha value is -3.19. The summed E-state index contributed by atoms with van der Waals surface area (Å²) in [6.45, 7) is 4.33. The highest BCUT2D eigenvalue weighted by molar-refractivity contribution is 7.13. The third kappa shape index (κ3) is 3.29. The van der Waals surface area contributed by atoms with Crippen molar-refractivity contribution in [3.8, 4) is 22.0 Å². The molecular formula is C20H18N4O2S. The number of aryl methyl sites for hydroxylation is 1. The van der Waals surface area contributed by atoms with E-state index < -0.39 is 5.91 Å². The van der Waals surface area contributed by atoms with Gasteiger partial charge < -0.3 is 14.7 Å². The van der Waals surface area contributed by atoms with Crippen molar-refractivity contribution >= 4 is 17.2 Å². The van der Waals surface area contributed by atoms with Crippen molar-refractivity contribution in [1.82, 2.24) is 14.5 Å². The van der Waals surface area contributed by atoms with Crippen molar-refractivity contribution in [2.24, 2.45) is 5.73 Å². The smallest absolute Gasteiger partial charge is 0.250 e. The Labute approximate surface area is 160 Å². The van der Waals surface area contributed by atoms with E-state index in [1.165, 1.54) is 11.3 Å². The van der Waals surface area contributed by atoms with E-state index in [2.05, 4.69) is 4.98 Å². The highest BCUT2D eigenvalue weighted by Gasteiger charge is 2.19. The first-order chi connectivity index (χ1) is 13.0. The van der Waals surface area contributed by atoms with Crippen LogP contribution in [0, 0.1) is 13.8 Å². The number of nitrogens with zero attached hydrogens (tertiary/aromatic N) is 3. The lowest BCUT2D eigenvalue weighted by Crippen LogP contribution is -2.12. The van der Waals surface area contributed by atoms with Gasteiger partial charge in [-0.05, 0) is 44.2 Å². The quantitative estimate of drug-likeness (QED) is 0.568. The summed E-state index contributed by atoms with van der Waals surface area (Å²) in [4.78, 5) is 20.9. The first kappa shape index (κ1) is 17.2. The van der Waals surface area contributed by atoms with Crippen molar-refractivity contribution in [2.75, 3.05) is 0 Å². The molecule has 27 heavy (non-hydrogen) atoms. The molecule has 7 heteroatoms. The van der Waals surface area contributed by atoms with Crippen LogP contribution in [0.5, 0.6) is 0 Å². The lowest BCUT2D eigenvalue weighted by atomic mass is 10.2. The van der Waals surface area contributed by atoms with Gasteiger partial charge in [-0.3, -0.25) is 9.78 Å². The van der Waals surface area contributed by atoms with Crippen LogP contribution in [-0.2, 0) is 6.54 Å². The molecule has 4 rings (SSSR count). The van der Waals surface area contributed by atoms with Gasteiger partial charge in [0.25, 0.3) is 5.91 Å². The summed E-state index contributed by atoms with van der Waals surface area (Å²) in [6, 6.07) is 9.51. The fourth-order valence-corrected chi connectivity index (χ4v) is 3.79. The van der Waals surface area contributed by atoms with E-state index in [0.29, 0.717) is 12.1 Å². The molecule has 6 nitrogen and oxygen atoms in total. The van der Waals surface area contributed by atoms with Crippen LogP contribution in [0.1, 0.15) is 27.5 Å². The van der Waals surface area contributed by atoms with Crippen LogP contribution in [0.4, 0.5) is 0 Å². The number of carbonyl (C=O) groups excluding carboxylic acids is 1. The van der Waals surface area contributed by atoms with E-state index in [0.717, 1.165) is 39.1 Å². The van der Waals surface area contributed by atoms with Gasteiger partial charge in [0.1, 0.15) is 10.8 Å². The van der Waals surface area contributed by atoms with Crippen molar-refractivity contribution < 1.29 is 9.21 Å². The summed E-state index contributed by atoms with van der Waals surface area (Å²) >= 11 is 1.54. The number of carbonyl (C=O) groups is 1. The summed E-state index contributed by atoms with van der Waals surface area (Å²) in [5.74, 6) is 0.342. The summed E-state index contributed by atoms with van der Waals surface area (Å²) in [5, 5.41) is 2.86. The van der Waals surface area contributed by atoms with Crippen LogP contribution < -0.4 is 5.73 Å². The van der Waals surface area contributed by atoms with Crippen LogP contribution in [0.25, 0.3) is 22.0 Å². The van der Waals surface area contributed by atoms with Gasteiger partial charge in [-0.1, -0.05) is 0 Å². The predicted molar refractivity (Wildman–Crippen MR) is 105 cm³/mol. The first-order valence-electron chi connectivity index (χ1n) is 8.44. The zero-order valence-corrected chi connectivity index (χ0v) is 15.8. The molecule has 1 amide bonds. The van der Waals surface area contributed by atoms with Gasteiger partial charge in [0, 0.05) is 28.5 Å². The number of pyridine rings is 1. The van der Waals surface area contributed by atoms with Crippen molar-refractivity contribution in [3.63, 3.8) is 0 Å². The van der Waals surface area contributed by atoms with Crippen LogP contribution in [0.2, 0.25) is 0 Å². The SMILES string of the molecule is Cc1ccc(-c2nc(-c3cc(C(N)=O)c(C)n3Cc3ccco3)cs2)cn1. The zero-order chi connectivity index (χ0) is 19.0. The maximum atomic E-state index is 11.8. The maximum absolute atomic E-state index is 11.8. The minimum absolute atomic E-state index is 0.454. The summed E-state index contributed by atoms with van der Waals surface area (Å²) < 4.78 is 7.48. The number of nitrogens with two attached hydrogens (primary N) is 1. The summed E-state index contributed by atoms with van der Waals surface area (Å²) in [5.41, 5.74) is 10.4. The molecule has 0 fully saturated rings. The predicted octanol–water partition coefficient (Wildman–Crippen LogP) is 4.03. The molecule has 0 aromatic carbocycles. The average Bonchev–Trinajstić information content (AvgIpc) is 3.38. The molecule has 0 saturated carbocycles. The molecule has 0 atom stereocenters. The molecule has 4 aromatic heterocycles. The monoisotopic (exact) mass is 378 g/mol. The Kier molecular flexibility index (Phi) is 4.37. The number of furan rings is 1. The highest BCUT2D eigenvalue weighted by Crippen LogP contribution is 2.31. The zero-order valence-electron chi connectivity index (χ0n) is 15.0. The molecule has 0 aliphatic heterocycles. The number of rotatable bonds is 5. The third-order valence-electron chi connectivity index (χ3n) is 4.45. The minimum atomic E-state index is -0.454. The largest absolute Gasteiger partial charge is 0.467 e. The van der Waals surface area contributed by atoms with Crippen LogP contribution in [-0.4, -0.2) is 20.4 Å². The molecule has 0 aliphatic rings. The molecule has 0 saturated heterocycles. The fourth-order valence-electron chi connectivity index (χ4n) is 2.99. The first-order valence-corrected chi connectivity index (χ1v) is 9.32. The Morgan fingerprint density at radius 3 is 2.81 bits per heavy atom. The minimum Gasteiger partial charge on any atom is -0.467 e. The van der Waals surface area contributed by atoms with Crippen LogP contribution in [0.15, 0.2) is 52.6 Å². The molecule has 0 bridgehead atoms. The Balaban J connectivity index is 1.77. The number of thiazole rings is 1. The normalized spacial score (nSPS) is 11.0. The van der Waals surface area contributed by atoms with E-state index in [9.17, 15) is 4.79 Å². The second-order valence-corrected chi connectivity index (χ2v) is 7.14. The number of aromatic nitrogens is 3. The maximum Gasteiger partial charge on any atom is 0.250 e. The second kappa shape index (κ2) is 6.85. The molecule has 4 aromatic rings. The molecule has 0 spiro atoms. The van der Waals surface area contributed by atoms with Gasteiger partial charge >= 0.3 is 0 Å². The molecular weight excluding hydrogens is 360 g/mol. The number of primary amides is 1. The van der Waals surface area contributed by atoms with Crippen LogP contribution in [0.3, 0.4) is 0 Å². The van der Waals surface area contributed by atoms with Gasteiger partial charge in [0.15, 0.2) is 0 Å². The molecule has 0 unspecified atom stereocenters. The van der Waals surface area contributed by atoms with Gasteiger partial charge in [0.2, 0.25) is 0 Å². The topological polar surface area (TPSA) is 86.9 Å². The van der Waals surface area contributed by atoms with E-state index >= 15 is 0 Å². The van der Waals surface area contributed by atoms with Gasteiger partial charge in [-0.15, -0.1) is 11.3 Å². The third-order valence-corrected chi connectivity index (χ3v) is 5.34. The van der Waals surface area contributed by atoms with E-state index in [4.69, 9.17) is 15.1 Å².